The van der Waals surface area contributed by atoms with Crippen LogP contribution in [0, 0.1) is 5.92 Å². The molecule has 2 aromatic rings. The van der Waals surface area contributed by atoms with Crippen LogP contribution in [0.4, 0.5) is 5.69 Å². The van der Waals surface area contributed by atoms with Gasteiger partial charge in [0.05, 0.1) is 24.3 Å². The number of carbonyl (C=O) groups excluding carboxylic acids is 2. The smallest absolute Gasteiger partial charge is 0.303 e. The molecule has 6 heteroatoms. The fourth-order valence-corrected chi connectivity index (χ4v) is 4.61. The Balaban J connectivity index is 1.26. The first-order valence-electron chi connectivity index (χ1n) is 10.4. The largest absolute Gasteiger partial charge is 0.486 e. The highest BCUT2D eigenvalue weighted by atomic mass is 16.6. The average Bonchev–Trinajstić information content (AvgIpc) is 2.98. The van der Waals surface area contributed by atoms with Gasteiger partial charge >= 0.3 is 5.91 Å². The highest BCUT2D eigenvalue weighted by Gasteiger charge is 2.40. The molecule has 5 rings (SSSR count). The van der Waals surface area contributed by atoms with E-state index in [-0.39, 0.29) is 0 Å². The Kier molecular flexibility index (Phi) is 4.72. The summed E-state index contributed by atoms with van der Waals surface area (Å²) < 4.78 is 11.2. The van der Waals surface area contributed by atoms with Gasteiger partial charge in [0, 0.05) is 6.07 Å². The van der Waals surface area contributed by atoms with Gasteiger partial charge in [-0.05, 0) is 36.8 Å². The number of quaternary nitrogens is 1. The Bertz CT molecular complexity index is 935. The van der Waals surface area contributed by atoms with Crippen LogP contribution in [0.25, 0.3) is 0 Å². The van der Waals surface area contributed by atoms with Crippen molar-refractivity contribution in [2.24, 2.45) is 5.92 Å². The van der Waals surface area contributed by atoms with Gasteiger partial charge in [-0.3, -0.25) is 14.5 Å². The van der Waals surface area contributed by atoms with Gasteiger partial charge < -0.3 is 14.4 Å². The molecule has 0 atom stereocenters. The minimum Gasteiger partial charge on any atom is -0.486 e. The number of nitrogens with zero attached hydrogens (tertiary/aromatic N) is 1. The number of carbonyl (C=O) groups is 2. The number of hydrogen-bond acceptors (Lipinski definition) is 4. The van der Waals surface area contributed by atoms with E-state index in [1.54, 1.807) is 17.0 Å². The van der Waals surface area contributed by atoms with Crippen LogP contribution in [0.1, 0.15) is 28.8 Å². The first-order chi connectivity index (χ1) is 14.2. The zero-order valence-electron chi connectivity index (χ0n) is 16.4. The fraction of sp³-hybridized carbons (Fsp3) is 0.391. The highest BCUT2D eigenvalue weighted by molar-refractivity contribution is 6.52. The topological polar surface area (TPSA) is 60.3 Å². The van der Waals surface area contributed by atoms with Crippen molar-refractivity contribution >= 4 is 17.4 Å². The number of Topliss-reactive ketones (excluding diaryl/α,β-unsaturated/α-hetero) is 1. The van der Waals surface area contributed by atoms with Crippen molar-refractivity contribution in [3.63, 3.8) is 0 Å². The molecule has 3 aliphatic heterocycles. The zero-order valence-corrected chi connectivity index (χ0v) is 16.4. The number of nitrogens with one attached hydrogen (secondary N) is 1. The van der Waals surface area contributed by atoms with Crippen molar-refractivity contribution in [1.29, 1.82) is 0 Å². The van der Waals surface area contributed by atoms with Crippen LogP contribution in [0.3, 0.4) is 0 Å². The Labute approximate surface area is 170 Å². The maximum Gasteiger partial charge on any atom is 0.303 e. The van der Waals surface area contributed by atoms with E-state index in [1.807, 2.05) is 0 Å². The first kappa shape index (κ1) is 18.2. The number of piperidine rings is 1. The molecule has 0 spiro atoms. The summed E-state index contributed by atoms with van der Waals surface area (Å²) in [6.45, 7) is 3.48. The molecule has 6 nitrogen and oxygen atoms in total. The lowest BCUT2D eigenvalue weighted by Gasteiger charge is -2.32. The molecule has 29 heavy (non-hydrogen) atoms. The van der Waals surface area contributed by atoms with E-state index < -0.39 is 11.7 Å². The summed E-state index contributed by atoms with van der Waals surface area (Å²) in [5, 5.41) is 0. The summed E-state index contributed by atoms with van der Waals surface area (Å²) in [6, 6.07) is 14.1. The van der Waals surface area contributed by atoms with Crippen molar-refractivity contribution in [3.8, 4) is 11.5 Å². The van der Waals surface area contributed by atoms with Crippen molar-refractivity contribution in [3.05, 3.63) is 53.6 Å². The van der Waals surface area contributed by atoms with Crippen molar-refractivity contribution in [1.82, 2.24) is 0 Å². The second kappa shape index (κ2) is 7.52. The Morgan fingerprint density at radius 2 is 1.66 bits per heavy atom. The number of amides is 1. The summed E-state index contributed by atoms with van der Waals surface area (Å²) in [4.78, 5) is 28.1. The van der Waals surface area contributed by atoms with Gasteiger partial charge in [-0.2, -0.15) is 0 Å². The lowest BCUT2D eigenvalue weighted by Crippen LogP contribution is -3.14. The van der Waals surface area contributed by atoms with Gasteiger partial charge in [0.1, 0.15) is 13.2 Å². The number of benzene rings is 2. The van der Waals surface area contributed by atoms with E-state index in [0.29, 0.717) is 48.6 Å². The Morgan fingerprint density at radius 1 is 0.966 bits per heavy atom. The normalized spacial score (nSPS) is 23.2. The summed E-state index contributed by atoms with van der Waals surface area (Å²) >= 11 is 0. The van der Waals surface area contributed by atoms with Crippen molar-refractivity contribution in [2.75, 3.05) is 37.9 Å². The monoisotopic (exact) mass is 393 g/mol. The Hall–Kier alpha value is -2.86. The van der Waals surface area contributed by atoms with E-state index in [1.165, 1.54) is 10.5 Å². The lowest BCUT2D eigenvalue weighted by molar-refractivity contribution is -0.904. The molecule has 1 amide bonds. The van der Waals surface area contributed by atoms with Gasteiger partial charge in [-0.25, -0.2) is 0 Å². The van der Waals surface area contributed by atoms with Gasteiger partial charge in [-0.1, -0.05) is 30.3 Å². The number of ketones is 1. The fourth-order valence-electron chi connectivity index (χ4n) is 4.61. The molecule has 0 unspecified atom stereocenters. The standard InChI is InChI=1S/C23H24N2O4/c26-22-18-13-20-21(29-11-10-28-20)14-19(18)25(23(22)27)15-24-8-6-17(7-9-24)12-16-4-2-1-3-5-16/h1-5,13-14,17H,6-12,15H2/p+1. The highest BCUT2D eigenvalue weighted by Crippen LogP contribution is 2.40. The zero-order chi connectivity index (χ0) is 19.8. The average molecular weight is 393 g/mol. The predicted octanol–water partition coefficient (Wildman–Crippen LogP) is 1.48. The van der Waals surface area contributed by atoms with Crippen LogP contribution in [0.5, 0.6) is 11.5 Å². The minimum atomic E-state index is -0.449. The van der Waals surface area contributed by atoms with Crippen molar-refractivity contribution in [2.45, 2.75) is 19.3 Å². The summed E-state index contributed by atoms with van der Waals surface area (Å²) in [5.41, 5.74) is 2.47. The molecule has 1 fully saturated rings. The second-order valence-corrected chi connectivity index (χ2v) is 8.12. The third-order valence-electron chi connectivity index (χ3n) is 6.20. The van der Waals surface area contributed by atoms with Crippen LogP contribution in [-0.2, 0) is 11.2 Å². The number of ether oxygens (including phenoxy) is 2. The molecule has 1 saturated heterocycles. The molecule has 2 aromatic carbocycles. The first-order valence-corrected chi connectivity index (χ1v) is 10.4. The second-order valence-electron chi connectivity index (χ2n) is 8.12. The van der Waals surface area contributed by atoms with Gasteiger partial charge in [0.2, 0.25) is 0 Å². The molecule has 3 heterocycles. The summed E-state index contributed by atoms with van der Waals surface area (Å²) in [7, 11) is 0. The van der Waals surface area contributed by atoms with Crippen molar-refractivity contribution < 1.29 is 24.0 Å². The van der Waals surface area contributed by atoms with Gasteiger partial charge in [0.25, 0.3) is 5.78 Å². The van der Waals surface area contributed by atoms with Gasteiger partial charge in [-0.15, -0.1) is 0 Å². The molecule has 3 aliphatic rings. The summed E-state index contributed by atoms with van der Waals surface area (Å²) in [5.74, 6) is 0.949. The molecule has 0 radical (unpaired) electrons. The molecule has 0 aromatic heterocycles. The van der Waals surface area contributed by atoms with E-state index in [0.717, 1.165) is 32.4 Å². The molecule has 150 valence electrons. The van der Waals surface area contributed by atoms with Crippen LogP contribution >= 0.6 is 0 Å². The molecule has 0 bridgehead atoms. The third-order valence-corrected chi connectivity index (χ3v) is 6.20. The molecule has 1 N–H and O–H groups in total. The SMILES string of the molecule is O=C1C(=O)N(C[NH+]2CCC(Cc3ccccc3)CC2)c2cc3c(cc21)OCCO3. The molecule has 0 aliphatic carbocycles. The number of likely N-dealkylation sites (tertiary alicyclic amines) is 1. The maximum atomic E-state index is 12.6. The molecular formula is C23H25N2O4+. The molecular weight excluding hydrogens is 368 g/mol. The predicted molar refractivity (Wildman–Crippen MR) is 108 cm³/mol. The number of anilines is 1. The van der Waals surface area contributed by atoms with Crippen LogP contribution < -0.4 is 19.3 Å². The van der Waals surface area contributed by atoms with Crippen LogP contribution in [-0.4, -0.2) is 44.7 Å². The van der Waals surface area contributed by atoms with E-state index in [2.05, 4.69) is 30.3 Å². The van der Waals surface area contributed by atoms with Gasteiger partial charge in [0.15, 0.2) is 18.2 Å². The molecule has 0 saturated carbocycles. The van der Waals surface area contributed by atoms with E-state index >= 15 is 0 Å². The quantitative estimate of drug-likeness (QED) is 0.800. The minimum absolute atomic E-state index is 0.428. The maximum absolute atomic E-state index is 12.6. The number of hydrogen-bond donors (Lipinski definition) is 1. The lowest BCUT2D eigenvalue weighted by atomic mass is 9.90. The van der Waals surface area contributed by atoms with E-state index in [9.17, 15) is 9.59 Å². The van der Waals surface area contributed by atoms with Crippen LogP contribution in [0.15, 0.2) is 42.5 Å². The van der Waals surface area contributed by atoms with E-state index in [4.69, 9.17) is 9.47 Å². The van der Waals surface area contributed by atoms with Crippen LogP contribution in [0.2, 0.25) is 0 Å². The Morgan fingerprint density at radius 3 is 2.38 bits per heavy atom. The number of rotatable bonds is 4. The third kappa shape index (κ3) is 3.49. The number of fused-ring (bicyclic) bond motifs is 2. The summed E-state index contributed by atoms with van der Waals surface area (Å²) in [6.07, 6.45) is 3.38.